The molecule has 24 heavy (non-hydrogen) atoms. The molecule has 1 fully saturated rings. The van der Waals surface area contributed by atoms with Gasteiger partial charge in [-0.2, -0.15) is 0 Å². The first-order valence-corrected chi connectivity index (χ1v) is 8.72. The topological polar surface area (TPSA) is 66.1 Å². The Morgan fingerprint density at radius 2 is 1.79 bits per heavy atom. The van der Waals surface area contributed by atoms with E-state index in [2.05, 4.69) is 9.97 Å². The van der Waals surface area contributed by atoms with Crippen molar-refractivity contribution in [2.75, 3.05) is 13.1 Å². The molecule has 124 valence electrons. The lowest BCUT2D eigenvalue weighted by atomic mass is 9.88. The fourth-order valence-corrected chi connectivity index (χ4v) is 3.83. The van der Waals surface area contributed by atoms with Crippen molar-refractivity contribution in [3.8, 4) is 11.1 Å². The Hall–Kier alpha value is -2.43. The second kappa shape index (κ2) is 6.23. The first-order valence-electron chi connectivity index (χ1n) is 8.72. The number of hydrogen-bond acceptors (Lipinski definition) is 3. The van der Waals surface area contributed by atoms with E-state index in [1.807, 2.05) is 11.0 Å². The Kier molecular flexibility index (Phi) is 3.92. The van der Waals surface area contributed by atoms with E-state index in [0.29, 0.717) is 5.56 Å². The van der Waals surface area contributed by atoms with Gasteiger partial charge in [0, 0.05) is 48.4 Å². The Morgan fingerprint density at radius 1 is 1.04 bits per heavy atom. The van der Waals surface area contributed by atoms with E-state index in [1.54, 1.807) is 18.6 Å². The minimum atomic E-state index is 0.0192. The van der Waals surface area contributed by atoms with Gasteiger partial charge in [0.25, 0.3) is 11.5 Å². The van der Waals surface area contributed by atoms with Crippen LogP contribution >= 0.6 is 0 Å². The smallest absolute Gasteiger partial charge is 0.255 e. The van der Waals surface area contributed by atoms with Crippen LogP contribution in [-0.2, 0) is 12.8 Å². The van der Waals surface area contributed by atoms with Crippen LogP contribution in [0.2, 0.25) is 0 Å². The lowest BCUT2D eigenvalue weighted by Crippen LogP contribution is -2.27. The molecule has 1 aliphatic heterocycles. The number of rotatable bonds is 2. The minimum Gasteiger partial charge on any atom is -0.339 e. The predicted molar refractivity (Wildman–Crippen MR) is 92.1 cm³/mol. The molecule has 0 unspecified atom stereocenters. The molecule has 2 aromatic rings. The van der Waals surface area contributed by atoms with Gasteiger partial charge >= 0.3 is 0 Å². The first kappa shape index (κ1) is 15.1. The quantitative estimate of drug-likeness (QED) is 0.923. The lowest BCUT2D eigenvalue weighted by molar-refractivity contribution is 0.0792. The van der Waals surface area contributed by atoms with Gasteiger partial charge in [0.2, 0.25) is 0 Å². The van der Waals surface area contributed by atoms with Gasteiger partial charge < -0.3 is 9.88 Å². The van der Waals surface area contributed by atoms with E-state index in [-0.39, 0.29) is 11.5 Å². The van der Waals surface area contributed by atoms with Gasteiger partial charge in [0.1, 0.15) is 0 Å². The summed E-state index contributed by atoms with van der Waals surface area (Å²) in [4.78, 5) is 33.7. The number of carbonyl (C=O) groups excluding carboxylic acids is 1. The van der Waals surface area contributed by atoms with Crippen LogP contribution in [0.15, 0.2) is 29.5 Å². The second-order valence-corrected chi connectivity index (χ2v) is 6.66. The third-order valence-electron chi connectivity index (χ3n) is 5.10. The lowest BCUT2D eigenvalue weighted by Gasteiger charge is -2.19. The highest BCUT2D eigenvalue weighted by atomic mass is 16.2. The number of pyridine rings is 2. The van der Waals surface area contributed by atoms with E-state index in [9.17, 15) is 9.59 Å². The van der Waals surface area contributed by atoms with Gasteiger partial charge in [-0.1, -0.05) is 0 Å². The number of aromatic nitrogens is 2. The van der Waals surface area contributed by atoms with E-state index in [0.717, 1.165) is 73.9 Å². The zero-order valence-corrected chi connectivity index (χ0v) is 13.7. The standard InChI is InChI=1S/C19H21N3O2/c23-18-16-6-2-1-5-15(16)17(12-21-18)13-9-14(11-20-10-13)19(24)22-7-3-4-8-22/h9-12H,1-8H2,(H,21,23). The average molecular weight is 323 g/mol. The molecule has 1 amide bonds. The van der Waals surface area contributed by atoms with Gasteiger partial charge in [-0.3, -0.25) is 14.6 Å². The van der Waals surface area contributed by atoms with Gasteiger partial charge in [-0.25, -0.2) is 0 Å². The number of nitrogens with one attached hydrogen (secondary N) is 1. The molecular formula is C19H21N3O2. The van der Waals surface area contributed by atoms with Crippen LogP contribution in [0.4, 0.5) is 0 Å². The van der Waals surface area contributed by atoms with E-state index in [1.165, 1.54) is 0 Å². The molecule has 0 atom stereocenters. The molecule has 5 heteroatoms. The molecule has 0 spiro atoms. The van der Waals surface area contributed by atoms with Crippen molar-refractivity contribution in [2.45, 2.75) is 38.5 Å². The van der Waals surface area contributed by atoms with Crippen molar-refractivity contribution in [2.24, 2.45) is 0 Å². The number of amides is 1. The maximum absolute atomic E-state index is 12.6. The molecule has 0 bridgehead atoms. The molecule has 5 nitrogen and oxygen atoms in total. The summed E-state index contributed by atoms with van der Waals surface area (Å²) < 4.78 is 0. The highest BCUT2D eigenvalue weighted by Gasteiger charge is 2.21. The molecule has 1 aliphatic carbocycles. The maximum atomic E-state index is 12.6. The fourth-order valence-electron chi connectivity index (χ4n) is 3.83. The third kappa shape index (κ3) is 2.64. The van der Waals surface area contributed by atoms with Crippen LogP contribution in [0.5, 0.6) is 0 Å². The van der Waals surface area contributed by atoms with Gasteiger partial charge in [-0.05, 0) is 50.2 Å². The van der Waals surface area contributed by atoms with Crippen LogP contribution in [0.1, 0.15) is 47.2 Å². The fraction of sp³-hybridized carbons (Fsp3) is 0.421. The molecule has 1 saturated heterocycles. The summed E-state index contributed by atoms with van der Waals surface area (Å²) in [7, 11) is 0. The van der Waals surface area contributed by atoms with E-state index >= 15 is 0 Å². The summed E-state index contributed by atoms with van der Waals surface area (Å²) in [6, 6.07) is 1.91. The van der Waals surface area contributed by atoms with Crippen molar-refractivity contribution >= 4 is 5.91 Å². The van der Waals surface area contributed by atoms with Crippen LogP contribution in [0.25, 0.3) is 11.1 Å². The molecule has 0 aromatic carbocycles. The summed E-state index contributed by atoms with van der Waals surface area (Å²) in [5, 5.41) is 0. The molecular weight excluding hydrogens is 302 g/mol. The summed E-state index contributed by atoms with van der Waals surface area (Å²) in [6.07, 6.45) is 11.3. The number of H-pyrrole nitrogens is 1. The monoisotopic (exact) mass is 323 g/mol. The van der Waals surface area contributed by atoms with Crippen molar-refractivity contribution in [3.05, 3.63) is 51.7 Å². The molecule has 4 rings (SSSR count). The van der Waals surface area contributed by atoms with Crippen molar-refractivity contribution in [1.29, 1.82) is 0 Å². The average Bonchev–Trinajstić information content (AvgIpc) is 3.16. The zero-order chi connectivity index (χ0) is 16.5. The normalized spacial score (nSPS) is 16.9. The van der Waals surface area contributed by atoms with Crippen molar-refractivity contribution in [1.82, 2.24) is 14.9 Å². The van der Waals surface area contributed by atoms with Crippen LogP contribution < -0.4 is 5.56 Å². The summed E-state index contributed by atoms with van der Waals surface area (Å²) in [5.41, 5.74) is 4.59. The number of likely N-dealkylation sites (tertiary alicyclic amines) is 1. The van der Waals surface area contributed by atoms with Gasteiger partial charge in [0.15, 0.2) is 0 Å². The number of nitrogens with zero attached hydrogens (tertiary/aromatic N) is 2. The Balaban J connectivity index is 1.74. The Labute approximate surface area is 140 Å². The van der Waals surface area contributed by atoms with Crippen LogP contribution in [0, 0.1) is 0 Å². The summed E-state index contributed by atoms with van der Waals surface area (Å²) in [5.74, 6) is 0.0557. The SMILES string of the molecule is O=C(c1cncc(-c2c[nH]c(=O)c3c2CCCC3)c1)N1CCCC1. The largest absolute Gasteiger partial charge is 0.339 e. The van der Waals surface area contributed by atoms with E-state index < -0.39 is 0 Å². The maximum Gasteiger partial charge on any atom is 0.255 e. The van der Waals surface area contributed by atoms with Crippen LogP contribution in [-0.4, -0.2) is 33.9 Å². The van der Waals surface area contributed by atoms with Gasteiger partial charge in [-0.15, -0.1) is 0 Å². The number of hydrogen-bond donors (Lipinski definition) is 1. The van der Waals surface area contributed by atoms with Crippen molar-refractivity contribution in [3.63, 3.8) is 0 Å². The molecule has 0 saturated carbocycles. The molecule has 0 radical (unpaired) electrons. The molecule has 3 heterocycles. The van der Waals surface area contributed by atoms with Crippen LogP contribution in [0.3, 0.4) is 0 Å². The predicted octanol–water partition coefficient (Wildman–Crippen LogP) is 2.55. The van der Waals surface area contributed by atoms with Gasteiger partial charge in [0.05, 0.1) is 5.56 Å². The highest BCUT2D eigenvalue weighted by Crippen LogP contribution is 2.29. The zero-order valence-electron chi connectivity index (χ0n) is 13.7. The summed E-state index contributed by atoms with van der Waals surface area (Å²) >= 11 is 0. The first-order chi connectivity index (χ1) is 11.7. The Bertz CT molecular complexity index is 835. The molecule has 2 aromatic heterocycles. The molecule has 1 N–H and O–H groups in total. The van der Waals surface area contributed by atoms with Crippen molar-refractivity contribution < 1.29 is 4.79 Å². The third-order valence-corrected chi connectivity index (χ3v) is 5.10. The molecule has 2 aliphatic rings. The van der Waals surface area contributed by atoms with E-state index in [4.69, 9.17) is 0 Å². The number of carbonyl (C=O) groups is 1. The second-order valence-electron chi connectivity index (χ2n) is 6.66. The summed E-state index contributed by atoms with van der Waals surface area (Å²) in [6.45, 7) is 1.66. The highest BCUT2D eigenvalue weighted by molar-refractivity contribution is 5.95. The number of aromatic amines is 1. The number of fused-ring (bicyclic) bond motifs is 1. The Morgan fingerprint density at radius 3 is 2.58 bits per heavy atom. The minimum absolute atomic E-state index is 0.0192.